The Balaban J connectivity index is 0.000000292. The molecule has 1 amide bonds. The molecule has 0 radical (unpaired) electrons. The SMILES string of the molecule is C#Cc1ccc(F)cc1.CC(=O)Oc1nc(Cl)c(Br)cc1C#Cc1ccc(F)cc1.CC(=O)Oc1nc(Cl)c(Br)cc1I.CNC(=O)c1c(-c2ccc(F)cc2)oc2nc(Cl)c(Br)cc12.COC(=O)c1c(-c2ccc(F)cc2)oc2nc(Cl)c(Br)cc12.COc1ccc(Br)c(Cl)n1.COc1cccc(Cl)n1.O=c1[nH]c(Cl)c(Br)cc1C#Cc1ccc(F)cc1.O=c1[nH]c(Cl)c(Br)cc1I.O=c1ccc(Br)c(Cl)[nH]1.[CH3-].[Cl][Cu][Cl]. The third-order valence-electron chi connectivity index (χ3n) is 16.4. The number of hydrogen-bond acceptors (Lipinski definition) is 20. The second-order valence-electron chi connectivity index (χ2n) is 26.4. The quantitative estimate of drug-likeness (QED) is 0.0209. The van der Waals surface area contributed by atoms with Gasteiger partial charge in [-0.15, -0.1) is 6.42 Å². The fourth-order valence-electron chi connectivity index (χ4n) is 9.99. The van der Waals surface area contributed by atoms with E-state index in [9.17, 15) is 55.5 Å². The Morgan fingerprint density at radius 2 is 0.796 bits per heavy atom. The van der Waals surface area contributed by atoms with E-state index >= 15 is 0 Å². The molecule has 0 aliphatic rings. The molecule has 11 heterocycles. The third kappa shape index (κ3) is 43.4. The Bertz CT molecular complexity index is 7560. The summed E-state index contributed by atoms with van der Waals surface area (Å²) in [5.74, 6) is 11.9. The van der Waals surface area contributed by atoms with Crippen LogP contribution in [0.15, 0.2) is 259 Å². The van der Waals surface area contributed by atoms with Crippen LogP contribution in [0, 0.1) is 79.7 Å². The Morgan fingerprint density at radius 1 is 0.422 bits per heavy atom. The zero-order valence-electron chi connectivity index (χ0n) is 74.7. The van der Waals surface area contributed by atoms with Crippen molar-refractivity contribution in [1.29, 1.82) is 0 Å². The maximum atomic E-state index is 13.1. The van der Waals surface area contributed by atoms with Gasteiger partial charge in [0.2, 0.25) is 40.5 Å². The number of pyridine rings is 9. The van der Waals surface area contributed by atoms with Crippen molar-refractivity contribution in [1.82, 2.24) is 50.2 Å². The Labute approximate surface area is 988 Å². The zero-order valence-corrected chi connectivity index (χ0v) is 101. The summed E-state index contributed by atoms with van der Waals surface area (Å²) >= 11 is 81.9. The predicted molar refractivity (Wildman–Crippen MR) is 607 cm³/mol. The summed E-state index contributed by atoms with van der Waals surface area (Å²) in [4.78, 5) is 110. The van der Waals surface area contributed by atoms with Crippen LogP contribution in [-0.2, 0) is 27.5 Å². The molecule has 11 aromatic heterocycles. The first-order chi connectivity index (χ1) is 69.1. The van der Waals surface area contributed by atoms with Crippen molar-refractivity contribution >= 4 is 343 Å². The summed E-state index contributed by atoms with van der Waals surface area (Å²) in [6.07, 6.45) is 5.03. The van der Waals surface area contributed by atoms with Gasteiger partial charge in [-0.2, -0.15) is 19.9 Å². The van der Waals surface area contributed by atoms with Gasteiger partial charge in [-0.3, -0.25) is 28.8 Å². The Morgan fingerprint density at radius 3 is 1.22 bits per heavy atom. The number of rotatable bonds is 8. The zero-order chi connectivity index (χ0) is 108. The second kappa shape index (κ2) is 65.9. The topological polar surface area (TPSA) is 329 Å². The number of nitrogens with one attached hydrogen (secondary N) is 4. The molecule has 51 heteroatoms. The van der Waals surface area contributed by atoms with Crippen LogP contribution >= 0.6 is 297 Å². The number of aromatic nitrogens is 9. The van der Waals surface area contributed by atoms with Crippen LogP contribution in [0.3, 0.4) is 0 Å². The summed E-state index contributed by atoms with van der Waals surface area (Å²) in [6, 6.07) is 50.1. The van der Waals surface area contributed by atoms with E-state index in [0.717, 1.165) is 21.2 Å². The average molecular weight is 3020 g/mol. The predicted octanol–water partition coefficient (Wildman–Crippen LogP) is 31.6. The second-order valence-corrected chi connectivity index (χ2v) is 40.4. The van der Waals surface area contributed by atoms with Gasteiger partial charge in [0.15, 0.2) is 5.76 Å². The fraction of sp³-hybridized carbons (Fsp3) is 0.0625. The molecule has 0 aliphatic carbocycles. The van der Waals surface area contributed by atoms with E-state index < -0.39 is 17.9 Å². The van der Waals surface area contributed by atoms with Crippen molar-refractivity contribution < 1.29 is 86.8 Å². The molecule has 16 aromatic rings. The molecule has 0 aliphatic heterocycles. The number of esters is 3. The van der Waals surface area contributed by atoms with Crippen molar-refractivity contribution in [2.45, 2.75) is 13.8 Å². The first-order valence-corrected chi connectivity index (χ1v) is 53.3. The number of aromatic amines is 3. The van der Waals surface area contributed by atoms with E-state index in [0.29, 0.717) is 123 Å². The number of ether oxygens (including phenoxy) is 5. The molecule has 0 bridgehead atoms. The minimum absolute atomic E-state index is 0. The van der Waals surface area contributed by atoms with E-state index in [4.69, 9.17) is 143 Å². The summed E-state index contributed by atoms with van der Waals surface area (Å²) in [5.41, 5.74) is 4.02. The molecular weight excluding hydrogens is 2960 g/mol. The number of hydrogen-bond donors (Lipinski definition) is 4. The van der Waals surface area contributed by atoms with Crippen LogP contribution in [0.5, 0.6) is 23.5 Å². The minimum atomic E-state index is -0.575. The van der Waals surface area contributed by atoms with Gasteiger partial charge in [0.25, 0.3) is 17.0 Å². The number of terminal acetylenes is 1. The molecule has 0 saturated carbocycles. The van der Waals surface area contributed by atoms with Gasteiger partial charge in [-0.25, -0.2) is 36.7 Å². The molecule has 0 atom stereocenters. The van der Waals surface area contributed by atoms with Crippen LogP contribution in [0.1, 0.15) is 62.4 Å². The van der Waals surface area contributed by atoms with Crippen molar-refractivity contribution in [2.75, 3.05) is 28.4 Å². The third-order valence-corrected chi connectivity index (χ3v) is 27.3. The summed E-state index contributed by atoms with van der Waals surface area (Å²) in [5, 5.41) is 6.21. The average Bonchev–Trinajstić information content (AvgIpc) is 1.62. The van der Waals surface area contributed by atoms with Gasteiger partial charge in [0, 0.05) is 66.9 Å². The molecule has 147 heavy (non-hydrogen) atoms. The molecule has 24 nitrogen and oxygen atoms in total. The number of furan rings is 2. The summed E-state index contributed by atoms with van der Waals surface area (Å²) < 4.78 is 106. The van der Waals surface area contributed by atoms with Crippen LogP contribution in [0.2, 0.25) is 46.4 Å². The number of carbonyl (C=O) groups excluding carboxylic acids is 4. The molecule has 0 saturated heterocycles. The Kier molecular flexibility index (Phi) is 57.9. The van der Waals surface area contributed by atoms with Crippen LogP contribution in [-0.4, -0.2) is 97.0 Å². The number of nitrogens with zero attached hydrogens (tertiary/aromatic N) is 6. The van der Waals surface area contributed by atoms with Crippen LogP contribution < -0.4 is 40.9 Å². The number of carbonyl (C=O) groups is 4. The van der Waals surface area contributed by atoms with Gasteiger partial charge < -0.3 is 60.2 Å². The molecular formula is C96H59Br8Cl11CuF5I2N10O14-. The normalized spacial score (nSPS) is 9.84. The summed E-state index contributed by atoms with van der Waals surface area (Å²) in [7, 11) is 15.2. The number of methoxy groups -OCH3 is 3. The number of halogens is 26. The molecule has 0 unspecified atom stereocenters. The van der Waals surface area contributed by atoms with Crippen LogP contribution in [0.25, 0.3) is 44.8 Å². The number of fused-ring (bicyclic) bond motifs is 2. The van der Waals surface area contributed by atoms with E-state index in [1.807, 2.05) is 45.2 Å². The molecule has 0 spiro atoms. The van der Waals surface area contributed by atoms with Crippen molar-refractivity contribution in [3.8, 4) is 82.2 Å². The number of benzene rings is 5. The van der Waals surface area contributed by atoms with Gasteiger partial charge in [0.1, 0.15) is 86.8 Å². The Hall–Kier alpha value is -8.25. The van der Waals surface area contributed by atoms with Crippen LogP contribution in [0.4, 0.5) is 22.0 Å². The molecule has 5 aromatic carbocycles. The molecule has 4 N–H and O–H groups in total. The standard InChI is InChI=1S/C15H9BrClFN2O2.C15H8BrClFNO3.C15H8BrClFNO2.C13H6BrClFNO.C8H5F.C7H4BrClINO2.C6H5BrClNO.C6H6ClNO.C5H2BrClINO.C5H3BrClNO.CH3.2ClH.Cu/c1-19-14(21)11-9-6-10(16)13(17)20-15(9)22-12(11)7-2-4-8(18)5-3-7;1-21-15(20)11-9-6-10(16)13(17)19-14(9)22-12(11)7-2-4-8(18)5-3-7;1-9(20)21-15-11(8-13(16)14(17)19-15)5-2-10-3-6-12(18)7-4-10;14-11-7-9(13(18)17-12(11)15)4-1-8-2-5-10(16)6-3-8;1-2-7-3-5-8(9)6-4-7;1-3(12)13-7-5(10)2-4(8)6(9)11-7;1-10-5-3-2-4(7)6(8)9-5;1-9-6-4-2-3-5(7)8-6;6-2-1-3(8)5(10)9-4(2)7;6-3-1-2-4(9)8-5(3)7;;;;/h2-6H,1H3,(H,19,21);2-6H,1H3;3-4,6-8H,1H3;2-3,5-7H,(H,17,18);1,3-6H;2H,1H3;2-3H,1H3;2-4H,1H3;1H,(H,9,10);1-2H,(H,8,9);1H3;2*1H;/q;;;;;;;;;;-1;;;+2/p-2. The maximum absolute atomic E-state index is 13.1. The van der Waals surface area contributed by atoms with E-state index in [-0.39, 0.29) is 125 Å². The molecule has 0 fully saturated rings. The van der Waals surface area contributed by atoms with Crippen molar-refractivity contribution in [3.05, 3.63) is 396 Å². The number of amides is 1. The van der Waals surface area contributed by atoms with E-state index in [1.54, 1.807) is 117 Å². The summed E-state index contributed by atoms with van der Waals surface area (Å²) in [6.45, 7) is 2.57. The van der Waals surface area contributed by atoms with Gasteiger partial charge in [0.05, 0.1) is 91.7 Å². The van der Waals surface area contributed by atoms with Gasteiger partial charge >= 0.3 is 51.2 Å². The molecule has 16 rings (SSSR count). The van der Waals surface area contributed by atoms with E-state index in [2.05, 4.69) is 227 Å². The number of H-pyrrole nitrogens is 3. The van der Waals surface area contributed by atoms with E-state index in [1.165, 1.54) is 125 Å². The first-order valence-electron chi connectivity index (χ1n) is 38.8. The fourth-order valence-corrected chi connectivity index (χ4v) is 15.5. The van der Waals surface area contributed by atoms with Crippen molar-refractivity contribution in [2.24, 2.45) is 0 Å². The first kappa shape index (κ1) is 129. The van der Waals surface area contributed by atoms with Gasteiger partial charge in [-0.05, 0) is 349 Å². The van der Waals surface area contributed by atoms with Crippen molar-refractivity contribution in [3.63, 3.8) is 0 Å². The van der Waals surface area contributed by atoms with Gasteiger partial charge in [-0.1, -0.05) is 140 Å². The monoisotopic (exact) mass is 3000 g/mol. The molecule has 771 valence electrons.